The molecular formula is C15H20N2O6S. The van der Waals surface area contributed by atoms with Crippen molar-refractivity contribution >= 4 is 21.7 Å². The van der Waals surface area contributed by atoms with Crippen molar-refractivity contribution in [1.82, 2.24) is 4.31 Å². The van der Waals surface area contributed by atoms with E-state index in [1.165, 1.54) is 25.1 Å². The van der Waals surface area contributed by atoms with E-state index in [-0.39, 0.29) is 24.6 Å². The summed E-state index contributed by atoms with van der Waals surface area (Å²) >= 11 is 0. The van der Waals surface area contributed by atoms with Gasteiger partial charge in [-0.3, -0.25) is 14.9 Å². The number of carbonyl (C=O) groups is 1. The van der Waals surface area contributed by atoms with Crippen molar-refractivity contribution in [3.05, 3.63) is 33.9 Å². The second kappa shape index (κ2) is 7.27. The van der Waals surface area contributed by atoms with Gasteiger partial charge in [0, 0.05) is 19.2 Å². The minimum Gasteiger partial charge on any atom is -0.466 e. The minimum atomic E-state index is -4.07. The fraction of sp³-hybridized carbons (Fsp3) is 0.533. The van der Waals surface area contributed by atoms with Gasteiger partial charge in [-0.15, -0.1) is 0 Å². The first-order valence-electron chi connectivity index (χ1n) is 7.69. The maximum absolute atomic E-state index is 12.9. The Balaban J connectivity index is 2.37. The highest BCUT2D eigenvalue weighted by Gasteiger charge is 2.38. The summed E-state index contributed by atoms with van der Waals surface area (Å²) in [6.07, 6.45) is 1.04. The van der Waals surface area contributed by atoms with Crippen molar-refractivity contribution in [2.45, 2.75) is 31.6 Å². The highest BCUT2D eigenvalue weighted by Crippen LogP contribution is 2.32. The van der Waals surface area contributed by atoms with Gasteiger partial charge in [0.2, 0.25) is 10.0 Å². The first-order chi connectivity index (χ1) is 11.3. The molecule has 0 bridgehead atoms. The molecule has 1 saturated heterocycles. The Labute approximate surface area is 140 Å². The number of nitro groups is 1. The van der Waals surface area contributed by atoms with Gasteiger partial charge in [-0.05, 0) is 32.3 Å². The summed E-state index contributed by atoms with van der Waals surface area (Å²) in [5, 5.41) is 11.2. The molecule has 0 N–H and O–H groups in total. The van der Waals surface area contributed by atoms with E-state index >= 15 is 0 Å². The fourth-order valence-electron chi connectivity index (χ4n) is 2.86. The lowest BCUT2D eigenvalue weighted by Gasteiger charge is -2.30. The smallest absolute Gasteiger partial charge is 0.310 e. The third-order valence-corrected chi connectivity index (χ3v) is 6.05. The molecule has 1 heterocycles. The molecule has 132 valence electrons. The molecular weight excluding hydrogens is 336 g/mol. The quantitative estimate of drug-likeness (QED) is 0.453. The molecule has 1 aliphatic heterocycles. The number of hydrogen-bond donors (Lipinski definition) is 0. The highest BCUT2D eigenvalue weighted by molar-refractivity contribution is 7.89. The Kier molecular flexibility index (Phi) is 5.55. The Bertz CT molecular complexity index is 746. The van der Waals surface area contributed by atoms with Crippen LogP contribution >= 0.6 is 0 Å². The molecule has 0 radical (unpaired) electrons. The van der Waals surface area contributed by atoms with Crippen LogP contribution in [0.25, 0.3) is 0 Å². The second-order valence-electron chi connectivity index (χ2n) is 5.63. The number of aryl methyl sites for hydroxylation is 1. The van der Waals surface area contributed by atoms with Gasteiger partial charge in [0.25, 0.3) is 5.69 Å². The number of ether oxygens (including phenoxy) is 1. The van der Waals surface area contributed by atoms with E-state index in [1.807, 2.05) is 0 Å². The third kappa shape index (κ3) is 3.57. The summed E-state index contributed by atoms with van der Waals surface area (Å²) in [5.74, 6) is -0.978. The zero-order valence-corrected chi connectivity index (χ0v) is 14.4. The zero-order valence-electron chi connectivity index (χ0n) is 13.6. The van der Waals surface area contributed by atoms with Crippen LogP contribution in [-0.2, 0) is 19.6 Å². The number of carbonyl (C=O) groups excluding carboxylic acids is 1. The van der Waals surface area contributed by atoms with Gasteiger partial charge >= 0.3 is 5.97 Å². The van der Waals surface area contributed by atoms with Crippen molar-refractivity contribution in [3.63, 3.8) is 0 Å². The number of rotatable bonds is 5. The molecule has 1 fully saturated rings. The maximum Gasteiger partial charge on any atom is 0.310 e. The van der Waals surface area contributed by atoms with Crippen molar-refractivity contribution in [2.75, 3.05) is 19.7 Å². The van der Waals surface area contributed by atoms with E-state index in [1.54, 1.807) is 6.92 Å². The molecule has 8 nitrogen and oxygen atoms in total. The van der Waals surface area contributed by atoms with Crippen LogP contribution < -0.4 is 0 Å². The monoisotopic (exact) mass is 356 g/mol. The Hall–Kier alpha value is -2.00. The largest absolute Gasteiger partial charge is 0.466 e. The van der Waals surface area contributed by atoms with Crippen molar-refractivity contribution < 1.29 is 22.9 Å². The number of hydrogen-bond acceptors (Lipinski definition) is 6. The van der Waals surface area contributed by atoms with Crippen LogP contribution in [0.2, 0.25) is 0 Å². The van der Waals surface area contributed by atoms with Crippen molar-refractivity contribution in [3.8, 4) is 0 Å². The predicted molar refractivity (Wildman–Crippen MR) is 85.9 cm³/mol. The van der Waals surface area contributed by atoms with Gasteiger partial charge in [0.05, 0.1) is 17.4 Å². The van der Waals surface area contributed by atoms with Gasteiger partial charge in [-0.2, -0.15) is 4.31 Å². The lowest BCUT2D eigenvalue weighted by molar-refractivity contribution is -0.387. The Morgan fingerprint density at radius 1 is 1.46 bits per heavy atom. The SMILES string of the molecule is CCOC(=O)[C@H]1CCCN(S(=O)(=O)c2c(C)cccc2[N+](=O)[O-])C1. The topological polar surface area (TPSA) is 107 Å². The van der Waals surface area contributed by atoms with Crippen LogP contribution in [0.4, 0.5) is 5.69 Å². The third-order valence-electron chi connectivity index (χ3n) is 3.99. The standard InChI is InChI=1S/C15H20N2O6S/c1-3-23-15(18)12-7-5-9-16(10-12)24(21,22)14-11(2)6-4-8-13(14)17(19)20/h4,6,8,12H,3,5,7,9-10H2,1-2H3/t12-/m0/s1. The molecule has 0 aliphatic carbocycles. The zero-order chi connectivity index (χ0) is 17.9. The van der Waals surface area contributed by atoms with Crippen LogP contribution in [0.15, 0.2) is 23.1 Å². The molecule has 0 unspecified atom stereocenters. The molecule has 0 amide bonds. The molecule has 2 rings (SSSR count). The molecule has 0 saturated carbocycles. The molecule has 0 spiro atoms. The average molecular weight is 356 g/mol. The summed E-state index contributed by atoms with van der Waals surface area (Å²) in [6.45, 7) is 3.64. The Morgan fingerprint density at radius 2 is 2.17 bits per heavy atom. The van der Waals surface area contributed by atoms with E-state index in [0.717, 1.165) is 4.31 Å². The van der Waals surface area contributed by atoms with E-state index < -0.39 is 32.5 Å². The lowest BCUT2D eigenvalue weighted by Crippen LogP contribution is -2.43. The Morgan fingerprint density at radius 3 is 2.79 bits per heavy atom. The summed E-state index contributed by atoms with van der Waals surface area (Å²) in [7, 11) is -4.07. The second-order valence-corrected chi connectivity index (χ2v) is 7.51. The first kappa shape index (κ1) is 18.3. The molecule has 1 atom stereocenters. The number of sulfonamides is 1. The van der Waals surface area contributed by atoms with Gasteiger partial charge in [0.1, 0.15) is 0 Å². The predicted octanol–water partition coefficient (Wildman–Crippen LogP) is 1.87. The van der Waals surface area contributed by atoms with Crippen LogP contribution in [0.3, 0.4) is 0 Å². The lowest BCUT2D eigenvalue weighted by atomic mass is 10.0. The van der Waals surface area contributed by atoms with Crippen molar-refractivity contribution in [2.24, 2.45) is 5.92 Å². The summed E-state index contributed by atoms with van der Waals surface area (Å²) in [6, 6.07) is 4.14. The average Bonchev–Trinajstić information content (AvgIpc) is 2.54. The number of nitro benzene ring substituents is 1. The van der Waals surface area contributed by atoms with Gasteiger partial charge in [-0.25, -0.2) is 8.42 Å². The minimum absolute atomic E-state index is 0.0212. The van der Waals surface area contributed by atoms with Gasteiger partial charge in [-0.1, -0.05) is 12.1 Å². The van der Waals surface area contributed by atoms with E-state index in [2.05, 4.69) is 0 Å². The fourth-order valence-corrected chi connectivity index (χ4v) is 4.74. The summed E-state index contributed by atoms with van der Waals surface area (Å²) in [5.41, 5.74) is -0.143. The van der Waals surface area contributed by atoms with Crippen LogP contribution in [0, 0.1) is 23.0 Å². The van der Waals surface area contributed by atoms with Gasteiger partial charge in [0.15, 0.2) is 4.90 Å². The molecule has 1 aromatic rings. The van der Waals surface area contributed by atoms with Gasteiger partial charge < -0.3 is 4.74 Å². The normalized spacial score (nSPS) is 19.0. The first-order valence-corrected chi connectivity index (χ1v) is 9.13. The van der Waals surface area contributed by atoms with Crippen LogP contribution in [0.1, 0.15) is 25.3 Å². The highest BCUT2D eigenvalue weighted by atomic mass is 32.2. The number of benzene rings is 1. The van der Waals surface area contributed by atoms with Crippen molar-refractivity contribution in [1.29, 1.82) is 0 Å². The van der Waals surface area contributed by atoms with E-state index in [4.69, 9.17) is 4.74 Å². The van der Waals surface area contributed by atoms with Crippen LogP contribution in [-0.4, -0.2) is 43.3 Å². The summed E-state index contributed by atoms with van der Waals surface area (Å²) in [4.78, 5) is 22.1. The number of esters is 1. The number of nitrogens with zero attached hydrogens (tertiary/aromatic N) is 2. The van der Waals surface area contributed by atoms with E-state index in [0.29, 0.717) is 18.4 Å². The van der Waals surface area contributed by atoms with Crippen LogP contribution in [0.5, 0.6) is 0 Å². The molecule has 9 heteroatoms. The van der Waals surface area contributed by atoms with E-state index in [9.17, 15) is 23.3 Å². The summed E-state index contributed by atoms with van der Waals surface area (Å²) < 4.78 is 32.0. The molecule has 1 aliphatic rings. The molecule has 0 aromatic heterocycles. The maximum atomic E-state index is 12.9. The number of piperidine rings is 1. The molecule has 1 aromatic carbocycles. The molecule has 24 heavy (non-hydrogen) atoms.